The van der Waals surface area contributed by atoms with Gasteiger partial charge in [-0.25, -0.2) is 8.42 Å². The van der Waals surface area contributed by atoms with Gasteiger partial charge in [-0.2, -0.15) is 0 Å². The van der Waals surface area contributed by atoms with Crippen LogP contribution in [-0.2, 0) is 26.2 Å². The molecule has 0 bridgehead atoms. The zero-order valence-corrected chi connectivity index (χ0v) is 22.7. The molecule has 0 heterocycles. The molecule has 3 rings (SSSR count). The van der Waals surface area contributed by atoms with Crippen LogP contribution in [0.15, 0.2) is 77.7 Å². The first-order chi connectivity index (χ1) is 17.6. The number of amides is 2. The number of benzene rings is 3. The number of sulfonamides is 1. The fourth-order valence-corrected chi connectivity index (χ4v) is 5.35. The number of aryl methyl sites for hydroxylation is 1. The van der Waals surface area contributed by atoms with Gasteiger partial charge in [-0.05, 0) is 61.9 Å². The zero-order valence-electron chi connectivity index (χ0n) is 21.1. The SMILES string of the molecule is CNC(=O)[C@H](C)N(Cc1cccc(OC)c1)C(=O)CN(c1cccc(Cl)c1)S(=O)(=O)c1ccc(C)cc1. The maximum Gasteiger partial charge on any atom is 0.264 e. The second-order valence-electron chi connectivity index (χ2n) is 8.47. The summed E-state index contributed by atoms with van der Waals surface area (Å²) in [4.78, 5) is 27.7. The number of nitrogens with one attached hydrogen (secondary N) is 1. The molecule has 1 N–H and O–H groups in total. The molecule has 0 fully saturated rings. The highest BCUT2D eigenvalue weighted by Gasteiger charge is 2.32. The average Bonchev–Trinajstić information content (AvgIpc) is 2.89. The fraction of sp³-hybridized carbons (Fsp3) is 0.259. The minimum absolute atomic E-state index is 0.0320. The molecule has 1 atom stereocenters. The van der Waals surface area contributed by atoms with Crippen molar-refractivity contribution in [3.8, 4) is 5.75 Å². The number of likely N-dealkylation sites (N-methyl/N-ethyl adjacent to an activating group) is 1. The van der Waals surface area contributed by atoms with E-state index in [-0.39, 0.29) is 23.0 Å². The molecule has 3 aromatic carbocycles. The topological polar surface area (TPSA) is 96.0 Å². The number of anilines is 1. The predicted molar refractivity (Wildman–Crippen MR) is 144 cm³/mol. The van der Waals surface area contributed by atoms with Crippen LogP contribution in [0.2, 0.25) is 5.02 Å². The lowest BCUT2D eigenvalue weighted by Crippen LogP contribution is -2.50. The second kappa shape index (κ2) is 12.1. The first-order valence-corrected chi connectivity index (χ1v) is 13.4. The van der Waals surface area contributed by atoms with Crippen molar-refractivity contribution < 1.29 is 22.7 Å². The Hall–Kier alpha value is -3.56. The Morgan fingerprint density at radius 1 is 1.03 bits per heavy atom. The van der Waals surface area contributed by atoms with Crippen LogP contribution in [0.1, 0.15) is 18.1 Å². The summed E-state index contributed by atoms with van der Waals surface area (Å²) in [5, 5.41) is 2.88. The Kier molecular flexibility index (Phi) is 9.18. The lowest BCUT2D eigenvalue weighted by atomic mass is 10.1. The van der Waals surface area contributed by atoms with E-state index >= 15 is 0 Å². The zero-order chi connectivity index (χ0) is 27.2. The van der Waals surface area contributed by atoms with Crippen LogP contribution in [-0.4, -0.2) is 51.9 Å². The summed E-state index contributed by atoms with van der Waals surface area (Å²) in [6, 6.07) is 18.9. The molecule has 0 spiro atoms. The van der Waals surface area contributed by atoms with E-state index in [0.717, 1.165) is 15.4 Å². The van der Waals surface area contributed by atoms with E-state index in [4.69, 9.17) is 16.3 Å². The van der Waals surface area contributed by atoms with Crippen LogP contribution >= 0.6 is 11.6 Å². The smallest absolute Gasteiger partial charge is 0.264 e. The third-order valence-corrected chi connectivity index (χ3v) is 7.91. The summed E-state index contributed by atoms with van der Waals surface area (Å²) in [6.07, 6.45) is 0. The molecule has 0 aliphatic carbocycles. The van der Waals surface area contributed by atoms with Gasteiger partial charge in [-0.1, -0.05) is 47.5 Å². The molecular formula is C27H30ClN3O5S. The summed E-state index contributed by atoms with van der Waals surface area (Å²) in [5.74, 6) is -0.346. The monoisotopic (exact) mass is 543 g/mol. The molecule has 0 aromatic heterocycles. The number of methoxy groups -OCH3 is 1. The van der Waals surface area contributed by atoms with Crippen LogP contribution in [0.5, 0.6) is 5.75 Å². The van der Waals surface area contributed by atoms with Crippen molar-refractivity contribution in [3.05, 3.63) is 88.9 Å². The summed E-state index contributed by atoms with van der Waals surface area (Å²) in [6.45, 7) is 2.97. The molecule has 0 aliphatic rings. The van der Waals surface area contributed by atoms with E-state index in [1.807, 2.05) is 6.92 Å². The molecule has 196 valence electrons. The maximum atomic E-state index is 13.7. The van der Waals surface area contributed by atoms with Gasteiger partial charge in [0.15, 0.2) is 0 Å². The van der Waals surface area contributed by atoms with Crippen LogP contribution < -0.4 is 14.4 Å². The van der Waals surface area contributed by atoms with Crippen molar-refractivity contribution in [1.29, 1.82) is 0 Å². The molecule has 0 unspecified atom stereocenters. The Balaban J connectivity index is 2.03. The summed E-state index contributed by atoms with van der Waals surface area (Å²) in [7, 11) is -1.13. The van der Waals surface area contributed by atoms with Gasteiger partial charge in [-0.15, -0.1) is 0 Å². The van der Waals surface area contributed by atoms with Crippen LogP contribution in [0.3, 0.4) is 0 Å². The van der Waals surface area contributed by atoms with E-state index in [1.54, 1.807) is 61.5 Å². The van der Waals surface area contributed by atoms with Crippen molar-refractivity contribution in [2.24, 2.45) is 0 Å². The number of hydrogen-bond acceptors (Lipinski definition) is 5. The molecule has 3 aromatic rings. The first kappa shape index (κ1) is 28.0. The molecule has 10 heteroatoms. The molecule has 0 aliphatic heterocycles. The van der Waals surface area contributed by atoms with Crippen molar-refractivity contribution in [1.82, 2.24) is 10.2 Å². The average molecular weight is 544 g/mol. The summed E-state index contributed by atoms with van der Waals surface area (Å²) in [5.41, 5.74) is 1.85. The first-order valence-electron chi connectivity index (χ1n) is 11.6. The maximum absolute atomic E-state index is 13.7. The van der Waals surface area contributed by atoms with Crippen LogP contribution in [0.4, 0.5) is 5.69 Å². The van der Waals surface area contributed by atoms with Crippen molar-refractivity contribution in [3.63, 3.8) is 0 Å². The number of ether oxygens (including phenoxy) is 1. The predicted octanol–water partition coefficient (Wildman–Crippen LogP) is 4.02. The lowest BCUT2D eigenvalue weighted by Gasteiger charge is -2.32. The molecule has 8 nitrogen and oxygen atoms in total. The van der Waals surface area contributed by atoms with E-state index < -0.39 is 28.5 Å². The van der Waals surface area contributed by atoms with Crippen molar-refractivity contribution in [2.45, 2.75) is 31.3 Å². The Morgan fingerprint density at radius 3 is 2.32 bits per heavy atom. The molecule has 0 saturated heterocycles. The highest BCUT2D eigenvalue weighted by Crippen LogP contribution is 2.27. The number of carbonyl (C=O) groups is 2. The normalized spacial score (nSPS) is 11.9. The van der Waals surface area contributed by atoms with Crippen LogP contribution in [0, 0.1) is 6.92 Å². The largest absolute Gasteiger partial charge is 0.497 e. The van der Waals surface area contributed by atoms with E-state index in [9.17, 15) is 18.0 Å². The standard InChI is InChI=1S/C27H30ClN3O5S/c1-19-11-13-25(14-12-19)37(34,35)31(23-9-6-8-22(28)16-23)18-26(32)30(20(2)27(33)29-3)17-21-7-5-10-24(15-21)36-4/h5-16,20H,17-18H2,1-4H3,(H,29,33)/t20-/m0/s1. The van der Waals surface area contributed by atoms with Gasteiger partial charge in [0, 0.05) is 18.6 Å². The Bertz CT molecular complexity index is 1360. The Morgan fingerprint density at radius 2 is 1.70 bits per heavy atom. The van der Waals surface area contributed by atoms with E-state index in [1.165, 1.54) is 37.3 Å². The van der Waals surface area contributed by atoms with Gasteiger partial charge in [0.25, 0.3) is 10.0 Å². The summed E-state index contributed by atoms with van der Waals surface area (Å²) < 4.78 is 33.8. The highest BCUT2D eigenvalue weighted by molar-refractivity contribution is 7.92. The third-order valence-electron chi connectivity index (χ3n) is 5.88. The Labute approximate surface area is 222 Å². The highest BCUT2D eigenvalue weighted by atomic mass is 35.5. The van der Waals surface area contributed by atoms with Crippen molar-refractivity contribution in [2.75, 3.05) is 25.0 Å². The van der Waals surface area contributed by atoms with Gasteiger partial charge < -0.3 is 15.0 Å². The minimum Gasteiger partial charge on any atom is -0.497 e. The molecule has 0 radical (unpaired) electrons. The summed E-state index contributed by atoms with van der Waals surface area (Å²) >= 11 is 6.17. The minimum atomic E-state index is -4.14. The van der Waals surface area contributed by atoms with Crippen molar-refractivity contribution >= 4 is 39.1 Å². The number of hydrogen-bond donors (Lipinski definition) is 1. The molecular weight excluding hydrogens is 514 g/mol. The number of rotatable bonds is 10. The number of halogens is 1. The van der Waals surface area contributed by atoms with E-state index in [0.29, 0.717) is 10.8 Å². The molecule has 37 heavy (non-hydrogen) atoms. The van der Waals surface area contributed by atoms with Crippen LogP contribution in [0.25, 0.3) is 0 Å². The molecule has 0 saturated carbocycles. The quantitative estimate of drug-likeness (QED) is 0.417. The van der Waals surface area contributed by atoms with E-state index in [2.05, 4.69) is 5.32 Å². The lowest BCUT2D eigenvalue weighted by molar-refractivity contribution is -0.139. The van der Waals surface area contributed by atoms with Gasteiger partial charge in [0.2, 0.25) is 11.8 Å². The second-order valence-corrected chi connectivity index (χ2v) is 10.8. The third kappa shape index (κ3) is 6.81. The number of nitrogens with zero attached hydrogens (tertiary/aromatic N) is 2. The van der Waals surface area contributed by atoms with Gasteiger partial charge in [0.05, 0.1) is 17.7 Å². The van der Waals surface area contributed by atoms with Gasteiger partial charge in [0.1, 0.15) is 18.3 Å². The number of carbonyl (C=O) groups excluding carboxylic acids is 2. The fourth-order valence-electron chi connectivity index (χ4n) is 3.76. The van der Waals surface area contributed by atoms with Gasteiger partial charge in [-0.3, -0.25) is 13.9 Å². The van der Waals surface area contributed by atoms with Gasteiger partial charge >= 0.3 is 0 Å². The molecule has 2 amide bonds.